The van der Waals surface area contributed by atoms with Crippen LogP contribution in [0.5, 0.6) is 11.6 Å². The molecule has 0 N–H and O–H groups in total. The van der Waals surface area contributed by atoms with Crippen molar-refractivity contribution >= 4 is 15.9 Å². The van der Waals surface area contributed by atoms with Crippen LogP contribution in [0.3, 0.4) is 0 Å². The quantitative estimate of drug-likeness (QED) is 0.810. The fourth-order valence-corrected chi connectivity index (χ4v) is 1.82. The molecule has 19 heavy (non-hydrogen) atoms. The van der Waals surface area contributed by atoms with Crippen LogP contribution >= 0.6 is 15.9 Å². The predicted molar refractivity (Wildman–Crippen MR) is 70.3 cm³/mol. The number of aromatic nitrogens is 2. The monoisotopic (exact) mass is 321 g/mol. The number of nitriles is 1. The maximum absolute atomic E-state index is 13.4. The van der Waals surface area contributed by atoms with Crippen molar-refractivity contribution in [1.82, 2.24) is 9.97 Å². The molecule has 0 aliphatic rings. The topological polar surface area (TPSA) is 58.8 Å². The molecular weight excluding hydrogens is 313 g/mol. The highest BCUT2D eigenvalue weighted by Crippen LogP contribution is 2.23. The first-order chi connectivity index (χ1) is 9.12. The number of halogens is 2. The molecular formula is C13H9BrFN3O. The van der Waals surface area contributed by atoms with Crippen LogP contribution in [0.15, 0.2) is 28.9 Å². The molecule has 0 aliphatic heterocycles. The number of rotatable bonds is 3. The lowest BCUT2D eigenvalue weighted by Crippen LogP contribution is -1.97. The first-order valence-corrected chi connectivity index (χ1v) is 6.32. The molecule has 2 aromatic rings. The zero-order valence-electron chi connectivity index (χ0n) is 10.0. The lowest BCUT2D eigenvalue weighted by molar-refractivity contribution is 0.453. The summed E-state index contributed by atoms with van der Waals surface area (Å²) in [5.41, 5.74) is -0.0227. The van der Waals surface area contributed by atoms with Crippen LogP contribution in [0.25, 0.3) is 0 Å². The van der Waals surface area contributed by atoms with E-state index in [2.05, 4.69) is 25.9 Å². The first-order valence-electron chi connectivity index (χ1n) is 5.53. The van der Waals surface area contributed by atoms with Gasteiger partial charge in [0.05, 0.1) is 5.56 Å². The molecule has 0 unspecified atom stereocenters. The standard InChI is InChI=1S/C13H9BrFN3O/c1-2-12-17-11(14)6-13(18-12)19-9-4-3-8(7-16)10(15)5-9/h3-6H,2H2,1H3. The summed E-state index contributed by atoms with van der Waals surface area (Å²) < 4.78 is 19.5. The summed E-state index contributed by atoms with van der Waals surface area (Å²) in [6.07, 6.45) is 0.664. The lowest BCUT2D eigenvalue weighted by atomic mass is 10.2. The molecule has 0 saturated carbocycles. The summed E-state index contributed by atoms with van der Waals surface area (Å²) >= 11 is 3.26. The van der Waals surface area contributed by atoms with Crippen LogP contribution in [-0.4, -0.2) is 9.97 Å². The maximum Gasteiger partial charge on any atom is 0.223 e. The summed E-state index contributed by atoms with van der Waals surface area (Å²) in [6.45, 7) is 1.92. The fraction of sp³-hybridized carbons (Fsp3) is 0.154. The van der Waals surface area contributed by atoms with E-state index in [1.54, 1.807) is 12.1 Å². The summed E-state index contributed by atoms with van der Waals surface area (Å²) in [5, 5.41) is 8.65. The smallest absolute Gasteiger partial charge is 0.223 e. The Labute approximate surface area is 118 Å². The van der Waals surface area contributed by atoms with Crippen molar-refractivity contribution < 1.29 is 9.13 Å². The van der Waals surface area contributed by atoms with E-state index in [0.717, 1.165) is 6.07 Å². The second-order valence-electron chi connectivity index (χ2n) is 3.65. The number of benzene rings is 1. The molecule has 6 heteroatoms. The second kappa shape index (κ2) is 5.76. The van der Waals surface area contributed by atoms with Gasteiger partial charge >= 0.3 is 0 Å². The molecule has 0 bridgehead atoms. The SMILES string of the molecule is CCc1nc(Br)cc(Oc2ccc(C#N)c(F)c2)n1. The third-order valence-corrected chi connectivity index (χ3v) is 2.72. The van der Waals surface area contributed by atoms with Gasteiger partial charge < -0.3 is 4.74 Å². The molecule has 1 aromatic heterocycles. The van der Waals surface area contributed by atoms with E-state index in [0.29, 0.717) is 22.7 Å². The Morgan fingerprint density at radius 3 is 2.79 bits per heavy atom. The molecule has 1 aromatic carbocycles. The zero-order chi connectivity index (χ0) is 13.8. The Hall–Kier alpha value is -2.00. The molecule has 0 amide bonds. The van der Waals surface area contributed by atoms with Crippen LogP contribution in [0, 0.1) is 17.1 Å². The van der Waals surface area contributed by atoms with Gasteiger partial charge in [0, 0.05) is 18.6 Å². The largest absolute Gasteiger partial charge is 0.439 e. The van der Waals surface area contributed by atoms with E-state index >= 15 is 0 Å². The van der Waals surface area contributed by atoms with Crippen molar-refractivity contribution in [2.45, 2.75) is 13.3 Å². The van der Waals surface area contributed by atoms with Gasteiger partial charge in [-0.2, -0.15) is 10.2 Å². The predicted octanol–water partition coefficient (Wildman–Crippen LogP) is 3.60. The van der Waals surface area contributed by atoms with Gasteiger partial charge in [0.15, 0.2) is 0 Å². The molecule has 2 rings (SSSR count). The van der Waals surface area contributed by atoms with Crippen molar-refractivity contribution in [3.05, 3.63) is 46.1 Å². The van der Waals surface area contributed by atoms with Gasteiger partial charge in [-0.3, -0.25) is 0 Å². The van der Waals surface area contributed by atoms with Crippen molar-refractivity contribution in [3.8, 4) is 17.7 Å². The van der Waals surface area contributed by atoms with Gasteiger partial charge in [-0.1, -0.05) is 6.92 Å². The first kappa shape index (κ1) is 13.4. The van der Waals surface area contributed by atoms with Crippen molar-refractivity contribution in [3.63, 3.8) is 0 Å². The highest BCUT2D eigenvalue weighted by molar-refractivity contribution is 9.10. The molecule has 96 valence electrons. The number of aryl methyl sites for hydroxylation is 1. The van der Waals surface area contributed by atoms with Gasteiger partial charge in [-0.25, -0.2) is 9.37 Å². The third kappa shape index (κ3) is 3.26. The van der Waals surface area contributed by atoms with Gasteiger partial charge in [0.25, 0.3) is 0 Å². The van der Waals surface area contributed by atoms with Crippen molar-refractivity contribution in [2.24, 2.45) is 0 Å². The molecule has 1 heterocycles. The Bertz CT molecular complexity index is 655. The molecule has 0 atom stereocenters. The van der Waals surface area contributed by atoms with E-state index < -0.39 is 5.82 Å². The second-order valence-corrected chi connectivity index (χ2v) is 4.47. The summed E-state index contributed by atoms with van der Waals surface area (Å²) in [5.74, 6) is 0.606. The number of ether oxygens (including phenoxy) is 1. The molecule has 0 spiro atoms. The molecule has 4 nitrogen and oxygen atoms in total. The minimum Gasteiger partial charge on any atom is -0.439 e. The average molecular weight is 322 g/mol. The average Bonchev–Trinajstić information content (AvgIpc) is 2.38. The Morgan fingerprint density at radius 2 is 2.16 bits per heavy atom. The van der Waals surface area contributed by atoms with Gasteiger partial charge in [0.2, 0.25) is 5.88 Å². The molecule has 0 radical (unpaired) electrons. The van der Waals surface area contributed by atoms with Crippen LogP contribution in [0.2, 0.25) is 0 Å². The normalized spacial score (nSPS) is 10.0. The zero-order valence-corrected chi connectivity index (χ0v) is 11.6. The van der Waals surface area contributed by atoms with Gasteiger partial charge in [0.1, 0.15) is 28.1 Å². The third-order valence-electron chi connectivity index (χ3n) is 2.32. The van der Waals surface area contributed by atoms with Crippen LogP contribution < -0.4 is 4.74 Å². The van der Waals surface area contributed by atoms with Gasteiger partial charge in [-0.05, 0) is 28.1 Å². The van der Waals surface area contributed by atoms with E-state index in [-0.39, 0.29) is 11.3 Å². The maximum atomic E-state index is 13.4. The van der Waals surface area contributed by atoms with Crippen LogP contribution in [0.1, 0.15) is 18.3 Å². The van der Waals surface area contributed by atoms with Crippen molar-refractivity contribution in [2.75, 3.05) is 0 Å². The Morgan fingerprint density at radius 1 is 1.37 bits per heavy atom. The number of hydrogen-bond acceptors (Lipinski definition) is 4. The molecule has 0 fully saturated rings. The van der Waals surface area contributed by atoms with Crippen LogP contribution in [0.4, 0.5) is 4.39 Å². The number of hydrogen-bond donors (Lipinski definition) is 0. The minimum atomic E-state index is -0.621. The Kier molecular flexibility index (Phi) is 4.07. The lowest BCUT2D eigenvalue weighted by Gasteiger charge is -2.06. The number of nitrogens with zero attached hydrogens (tertiary/aromatic N) is 3. The molecule has 0 aliphatic carbocycles. The van der Waals surface area contributed by atoms with E-state index in [9.17, 15) is 4.39 Å². The van der Waals surface area contributed by atoms with E-state index in [4.69, 9.17) is 10.00 Å². The summed E-state index contributed by atoms with van der Waals surface area (Å²) in [7, 11) is 0. The summed E-state index contributed by atoms with van der Waals surface area (Å²) in [4.78, 5) is 8.32. The fourth-order valence-electron chi connectivity index (χ4n) is 1.42. The van der Waals surface area contributed by atoms with Crippen molar-refractivity contribution in [1.29, 1.82) is 5.26 Å². The minimum absolute atomic E-state index is 0.0227. The summed E-state index contributed by atoms with van der Waals surface area (Å²) in [6, 6.07) is 7.38. The van der Waals surface area contributed by atoms with E-state index in [1.165, 1.54) is 12.1 Å². The highest BCUT2D eigenvalue weighted by Gasteiger charge is 2.07. The van der Waals surface area contributed by atoms with E-state index in [1.807, 2.05) is 6.92 Å². The van der Waals surface area contributed by atoms with Crippen LogP contribution in [-0.2, 0) is 6.42 Å². The van der Waals surface area contributed by atoms with Gasteiger partial charge in [-0.15, -0.1) is 0 Å². The Balaban J connectivity index is 2.28. The molecule has 0 saturated heterocycles. The highest BCUT2D eigenvalue weighted by atomic mass is 79.9.